The summed E-state index contributed by atoms with van der Waals surface area (Å²) < 4.78 is 9.78. The predicted octanol–water partition coefficient (Wildman–Crippen LogP) is 1.67. The first-order chi connectivity index (χ1) is 8.42. The molecule has 0 heterocycles. The van der Waals surface area contributed by atoms with Crippen LogP contribution in [0.1, 0.15) is 20.8 Å². The van der Waals surface area contributed by atoms with Crippen LogP contribution in [-0.4, -0.2) is 24.8 Å². The summed E-state index contributed by atoms with van der Waals surface area (Å²) in [6.45, 7) is 12.1. The lowest BCUT2D eigenvalue weighted by Crippen LogP contribution is -2.29. The second-order valence-corrected chi connectivity index (χ2v) is 3.56. The molecule has 100 valence electrons. The third-order valence-electron chi connectivity index (χ3n) is 1.86. The molecule has 0 aliphatic rings. The fourth-order valence-electron chi connectivity index (χ4n) is 0.877. The van der Waals surface area contributed by atoms with Crippen molar-refractivity contribution in [2.24, 2.45) is 0 Å². The van der Waals surface area contributed by atoms with Gasteiger partial charge in [0.1, 0.15) is 0 Å². The van der Waals surface area contributed by atoms with Gasteiger partial charge >= 0.3 is 11.9 Å². The lowest BCUT2D eigenvalue weighted by Gasteiger charge is -2.14. The molecule has 0 aliphatic heterocycles. The molecule has 0 aliphatic carbocycles. The van der Waals surface area contributed by atoms with Crippen molar-refractivity contribution in [1.82, 2.24) is 5.32 Å². The second-order valence-electron chi connectivity index (χ2n) is 3.56. The van der Waals surface area contributed by atoms with Crippen LogP contribution in [0.25, 0.3) is 0 Å². The van der Waals surface area contributed by atoms with Gasteiger partial charge in [0.15, 0.2) is 6.23 Å². The number of rotatable bonds is 7. The van der Waals surface area contributed by atoms with Gasteiger partial charge in [-0.3, -0.25) is 0 Å². The first-order valence-electron chi connectivity index (χ1n) is 5.51. The monoisotopic (exact) mass is 253 g/mol. The summed E-state index contributed by atoms with van der Waals surface area (Å²) in [5.41, 5.74) is 0.657. The maximum absolute atomic E-state index is 11.3. The first-order valence-corrected chi connectivity index (χ1v) is 5.51. The average Bonchev–Trinajstić information content (AvgIpc) is 2.33. The topological polar surface area (TPSA) is 64.6 Å². The minimum atomic E-state index is -0.724. The highest BCUT2D eigenvalue weighted by Gasteiger charge is 2.10. The molecule has 1 N–H and O–H groups in total. The fraction of sp³-hybridized carbons (Fsp3) is 0.385. The summed E-state index contributed by atoms with van der Waals surface area (Å²) in [5, 5.41) is 2.73. The van der Waals surface area contributed by atoms with E-state index in [9.17, 15) is 9.59 Å². The molecule has 0 aromatic rings. The molecule has 0 radical (unpaired) electrons. The van der Waals surface area contributed by atoms with Crippen LogP contribution in [0, 0.1) is 0 Å². The molecule has 5 heteroatoms. The van der Waals surface area contributed by atoms with Crippen molar-refractivity contribution in [2.75, 3.05) is 6.61 Å². The molecule has 5 nitrogen and oxygen atoms in total. The van der Waals surface area contributed by atoms with Crippen molar-refractivity contribution >= 4 is 11.9 Å². The lowest BCUT2D eigenvalue weighted by molar-refractivity contribution is -0.142. The van der Waals surface area contributed by atoms with Gasteiger partial charge in [0.05, 0.1) is 6.61 Å². The summed E-state index contributed by atoms with van der Waals surface area (Å²) in [5.74, 6) is -0.964. The van der Waals surface area contributed by atoms with Crippen molar-refractivity contribution in [1.29, 1.82) is 0 Å². The van der Waals surface area contributed by atoms with E-state index in [2.05, 4.69) is 18.5 Å². The Morgan fingerprint density at radius 1 is 1.33 bits per heavy atom. The summed E-state index contributed by atoms with van der Waals surface area (Å²) in [4.78, 5) is 22.6. The minimum absolute atomic E-state index is 0.287. The van der Waals surface area contributed by atoms with Gasteiger partial charge < -0.3 is 14.8 Å². The van der Waals surface area contributed by atoms with Crippen molar-refractivity contribution < 1.29 is 19.1 Å². The molecular weight excluding hydrogens is 234 g/mol. The van der Waals surface area contributed by atoms with E-state index >= 15 is 0 Å². The van der Waals surface area contributed by atoms with E-state index in [4.69, 9.17) is 9.47 Å². The van der Waals surface area contributed by atoms with Gasteiger partial charge in [-0.1, -0.05) is 13.2 Å². The Bertz CT molecular complexity index is 371. The molecule has 18 heavy (non-hydrogen) atoms. The van der Waals surface area contributed by atoms with Gasteiger partial charge in [-0.25, -0.2) is 9.59 Å². The molecule has 0 aromatic heterocycles. The van der Waals surface area contributed by atoms with E-state index in [1.165, 1.54) is 12.3 Å². The van der Waals surface area contributed by atoms with Gasteiger partial charge in [0.25, 0.3) is 0 Å². The fourth-order valence-corrected chi connectivity index (χ4v) is 0.877. The summed E-state index contributed by atoms with van der Waals surface area (Å²) in [6.07, 6.45) is 2.09. The van der Waals surface area contributed by atoms with Crippen molar-refractivity contribution in [3.05, 3.63) is 36.6 Å². The number of nitrogens with one attached hydrogen (secondary N) is 1. The zero-order valence-electron chi connectivity index (χ0n) is 11.0. The number of carbonyl (C=O) groups excluding carboxylic acids is 2. The van der Waals surface area contributed by atoms with E-state index < -0.39 is 18.2 Å². The highest BCUT2D eigenvalue weighted by molar-refractivity contribution is 5.88. The highest BCUT2D eigenvalue weighted by Crippen LogP contribution is 2.00. The Balaban J connectivity index is 4.42. The van der Waals surface area contributed by atoms with Crippen molar-refractivity contribution in [2.45, 2.75) is 27.0 Å². The normalized spacial score (nSPS) is 12.3. The van der Waals surface area contributed by atoms with Crippen molar-refractivity contribution in [3.8, 4) is 0 Å². The molecule has 0 saturated heterocycles. The van der Waals surface area contributed by atoms with Crippen LogP contribution < -0.4 is 5.32 Å². The molecule has 0 aromatic carbocycles. The van der Waals surface area contributed by atoms with Crippen molar-refractivity contribution in [3.63, 3.8) is 0 Å². The largest absolute Gasteiger partial charge is 0.463 e. The van der Waals surface area contributed by atoms with Crippen LogP contribution in [0.15, 0.2) is 36.6 Å². The van der Waals surface area contributed by atoms with Crippen LogP contribution in [0.2, 0.25) is 0 Å². The Labute approximate surface area is 107 Å². The van der Waals surface area contributed by atoms with Crippen LogP contribution in [0.5, 0.6) is 0 Å². The Morgan fingerprint density at radius 2 is 1.94 bits per heavy atom. The predicted molar refractivity (Wildman–Crippen MR) is 68.4 cm³/mol. The molecule has 0 amide bonds. The zero-order chi connectivity index (χ0) is 14.1. The number of ether oxygens (including phenoxy) is 2. The molecule has 0 fully saturated rings. The summed E-state index contributed by atoms with van der Waals surface area (Å²) >= 11 is 0. The summed E-state index contributed by atoms with van der Waals surface area (Å²) in [7, 11) is 0. The molecule has 0 saturated carbocycles. The van der Waals surface area contributed by atoms with Gasteiger partial charge in [-0.05, 0) is 26.8 Å². The van der Waals surface area contributed by atoms with Crippen LogP contribution in [-0.2, 0) is 19.1 Å². The molecule has 1 atom stereocenters. The smallest absolute Gasteiger partial charge is 0.335 e. The van der Waals surface area contributed by atoms with Crippen LogP contribution in [0.3, 0.4) is 0 Å². The molecule has 0 spiro atoms. The van der Waals surface area contributed by atoms with Gasteiger partial charge in [-0.2, -0.15) is 0 Å². The molecule has 1 unspecified atom stereocenters. The van der Waals surface area contributed by atoms with Crippen LogP contribution in [0.4, 0.5) is 0 Å². The maximum Gasteiger partial charge on any atom is 0.335 e. The van der Waals surface area contributed by atoms with E-state index in [0.717, 1.165) is 0 Å². The van der Waals surface area contributed by atoms with Gasteiger partial charge in [0.2, 0.25) is 0 Å². The maximum atomic E-state index is 11.3. The average molecular weight is 253 g/mol. The number of carbonyl (C=O) groups is 2. The highest BCUT2D eigenvalue weighted by atomic mass is 16.6. The Morgan fingerprint density at radius 3 is 2.39 bits per heavy atom. The van der Waals surface area contributed by atoms with E-state index in [0.29, 0.717) is 12.2 Å². The molecular formula is C13H19NO4. The number of esters is 2. The van der Waals surface area contributed by atoms with E-state index in [-0.39, 0.29) is 5.57 Å². The summed E-state index contributed by atoms with van der Waals surface area (Å²) in [6, 6.07) is 0. The zero-order valence-corrected chi connectivity index (χ0v) is 11.0. The number of hydrogen-bond donors (Lipinski definition) is 1. The lowest BCUT2D eigenvalue weighted by atomic mass is 10.3. The SMILES string of the molecule is C=CC(NC=C(C)C(=O)OCC)OC(=O)C(=C)C. The van der Waals surface area contributed by atoms with Gasteiger partial charge in [0, 0.05) is 17.3 Å². The Kier molecular flexibility index (Phi) is 7.19. The second kappa shape index (κ2) is 8.11. The van der Waals surface area contributed by atoms with E-state index in [1.54, 1.807) is 20.8 Å². The molecule has 0 bridgehead atoms. The molecule has 0 rings (SSSR count). The Hall–Kier alpha value is -2.04. The third-order valence-corrected chi connectivity index (χ3v) is 1.86. The first kappa shape index (κ1) is 16.0. The van der Waals surface area contributed by atoms with E-state index in [1.807, 2.05) is 0 Å². The van der Waals surface area contributed by atoms with Gasteiger partial charge in [-0.15, -0.1) is 0 Å². The quantitative estimate of drug-likeness (QED) is 0.323. The number of hydrogen-bond acceptors (Lipinski definition) is 5. The third kappa shape index (κ3) is 5.89. The minimum Gasteiger partial charge on any atom is -0.463 e. The standard InChI is InChI=1S/C13H19NO4/c1-6-11(18-12(15)9(3)4)14-8-10(5)13(16)17-7-2/h6,8,11,14H,1,3,7H2,2,4-5H3. The van der Waals surface area contributed by atoms with Crippen LogP contribution >= 0.6 is 0 Å².